The van der Waals surface area contributed by atoms with Crippen LogP contribution in [0, 0.1) is 0 Å². The summed E-state index contributed by atoms with van der Waals surface area (Å²) in [6.07, 6.45) is 5.42. The Hall–Kier alpha value is -1.59. The van der Waals surface area contributed by atoms with Crippen LogP contribution in [-0.4, -0.2) is 60.4 Å². The Morgan fingerprint density at radius 3 is 2.42 bits per heavy atom. The highest BCUT2D eigenvalue weighted by molar-refractivity contribution is 5.85. The highest BCUT2D eigenvalue weighted by Crippen LogP contribution is 2.13. The molecule has 1 aromatic carbocycles. The second-order valence-corrected chi connectivity index (χ2v) is 7.05. The van der Waals surface area contributed by atoms with Crippen LogP contribution in [0.15, 0.2) is 30.3 Å². The van der Waals surface area contributed by atoms with Crippen molar-refractivity contribution in [3.63, 3.8) is 0 Å². The van der Waals surface area contributed by atoms with E-state index < -0.39 is 0 Å². The van der Waals surface area contributed by atoms with Crippen molar-refractivity contribution in [3.8, 4) is 0 Å². The molecular formula is C20H30ClN3O2. The maximum atomic E-state index is 12.7. The second-order valence-electron chi connectivity index (χ2n) is 7.05. The average Bonchev–Trinajstić information content (AvgIpc) is 2.93. The van der Waals surface area contributed by atoms with Crippen molar-refractivity contribution in [1.29, 1.82) is 0 Å². The molecule has 1 atom stereocenters. The molecule has 3 rings (SSSR count). The summed E-state index contributed by atoms with van der Waals surface area (Å²) in [5, 5.41) is 3.34. The minimum Gasteiger partial charge on any atom is -0.341 e. The fourth-order valence-corrected chi connectivity index (χ4v) is 3.72. The quantitative estimate of drug-likeness (QED) is 0.872. The van der Waals surface area contributed by atoms with Gasteiger partial charge in [-0.25, -0.2) is 0 Å². The number of hydrogen-bond acceptors (Lipinski definition) is 3. The van der Waals surface area contributed by atoms with Gasteiger partial charge in [0.25, 0.3) is 0 Å². The number of rotatable bonds is 4. The standard InChI is InChI=1S/C20H29N3O2.ClH/c24-19(11-10-17-7-2-1-3-8-17)22-13-6-14-23(16-15-22)20(25)18-9-4-5-12-21-18;/h1-3,7-8,18,21H,4-6,9-16H2;1H. The number of halogens is 1. The molecule has 0 spiro atoms. The van der Waals surface area contributed by atoms with E-state index in [4.69, 9.17) is 0 Å². The Balaban J connectivity index is 0.00000243. The van der Waals surface area contributed by atoms with E-state index in [1.54, 1.807) is 0 Å². The zero-order chi connectivity index (χ0) is 17.5. The Labute approximate surface area is 162 Å². The van der Waals surface area contributed by atoms with Crippen LogP contribution in [0.3, 0.4) is 0 Å². The van der Waals surface area contributed by atoms with E-state index >= 15 is 0 Å². The molecule has 0 radical (unpaired) electrons. The van der Waals surface area contributed by atoms with E-state index in [0.717, 1.165) is 51.7 Å². The van der Waals surface area contributed by atoms with Gasteiger partial charge >= 0.3 is 0 Å². The highest BCUT2D eigenvalue weighted by Gasteiger charge is 2.27. The molecule has 2 aliphatic rings. The molecule has 0 bridgehead atoms. The number of aryl methyl sites for hydroxylation is 1. The molecule has 26 heavy (non-hydrogen) atoms. The van der Waals surface area contributed by atoms with Gasteiger partial charge in [0, 0.05) is 32.6 Å². The monoisotopic (exact) mass is 379 g/mol. The maximum Gasteiger partial charge on any atom is 0.239 e. The van der Waals surface area contributed by atoms with Crippen molar-refractivity contribution in [2.24, 2.45) is 0 Å². The van der Waals surface area contributed by atoms with Crippen LogP contribution in [0.2, 0.25) is 0 Å². The lowest BCUT2D eigenvalue weighted by Gasteiger charge is -2.29. The van der Waals surface area contributed by atoms with Crippen molar-refractivity contribution >= 4 is 24.2 Å². The smallest absolute Gasteiger partial charge is 0.239 e. The van der Waals surface area contributed by atoms with E-state index in [-0.39, 0.29) is 30.3 Å². The van der Waals surface area contributed by atoms with Crippen molar-refractivity contribution in [3.05, 3.63) is 35.9 Å². The molecule has 0 saturated carbocycles. The number of nitrogens with zero attached hydrogens (tertiary/aromatic N) is 2. The minimum atomic E-state index is -0.0194. The minimum absolute atomic E-state index is 0. The first kappa shape index (κ1) is 20.7. The molecule has 2 saturated heterocycles. The summed E-state index contributed by atoms with van der Waals surface area (Å²) in [5.74, 6) is 0.423. The molecule has 1 unspecified atom stereocenters. The molecule has 0 aliphatic carbocycles. The molecule has 2 aliphatic heterocycles. The number of hydrogen-bond donors (Lipinski definition) is 1. The molecule has 5 nitrogen and oxygen atoms in total. The van der Waals surface area contributed by atoms with Crippen LogP contribution in [0.5, 0.6) is 0 Å². The van der Waals surface area contributed by atoms with E-state index in [1.807, 2.05) is 28.0 Å². The summed E-state index contributed by atoms with van der Waals surface area (Å²) in [6.45, 7) is 3.78. The normalized spacial score (nSPS) is 20.8. The molecule has 2 fully saturated rings. The third-order valence-electron chi connectivity index (χ3n) is 5.24. The second kappa shape index (κ2) is 10.5. The number of nitrogens with one attached hydrogen (secondary N) is 1. The molecule has 144 valence electrons. The lowest BCUT2D eigenvalue weighted by atomic mass is 10.0. The summed E-state index contributed by atoms with van der Waals surface area (Å²) in [5.41, 5.74) is 1.20. The molecule has 1 N–H and O–H groups in total. The SMILES string of the molecule is Cl.O=C(CCc1ccccc1)N1CCCN(C(=O)C2CCCCN2)CC1. The first-order chi connectivity index (χ1) is 12.2. The lowest BCUT2D eigenvalue weighted by Crippen LogP contribution is -2.49. The molecule has 0 aromatic heterocycles. The van der Waals surface area contributed by atoms with Gasteiger partial charge < -0.3 is 15.1 Å². The molecule has 1 aromatic rings. The third-order valence-corrected chi connectivity index (χ3v) is 5.24. The molecule has 6 heteroatoms. The fourth-order valence-electron chi connectivity index (χ4n) is 3.72. The van der Waals surface area contributed by atoms with Gasteiger partial charge in [-0.05, 0) is 37.8 Å². The fraction of sp³-hybridized carbons (Fsp3) is 0.600. The maximum absolute atomic E-state index is 12.7. The van der Waals surface area contributed by atoms with Crippen LogP contribution >= 0.6 is 12.4 Å². The van der Waals surface area contributed by atoms with Crippen molar-refractivity contribution in [2.75, 3.05) is 32.7 Å². The predicted octanol–water partition coefficient (Wildman–Crippen LogP) is 2.24. The third kappa shape index (κ3) is 5.71. The van der Waals surface area contributed by atoms with Gasteiger partial charge in [-0.15, -0.1) is 12.4 Å². The van der Waals surface area contributed by atoms with Crippen LogP contribution in [-0.2, 0) is 16.0 Å². The van der Waals surface area contributed by atoms with Gasteiger partial charge in [-0.2, -0.15) is 0 Å². The Kier molecular flexibility index (Phi) is 8.39. The van der Waals surface area contributed by atoms with Crippen LogP contribution in [0.4, 0.5) is 0 Å². The Bertz CT molecular complexity index is 576. The molecule has 2 amide bonds. The average molecular weight is 380 g/mol. The van der Waals surface area contributed by atoms with E-state index in [9.17, 15) is 9.59 Å². The van der Waals surface area contributed by atoms with Crippen molar-refractivity contribution in [1.82, 2.24) is 15.1 Å². The number of carbonyl (C=O) groups excluding carboxylic acids is 2. The predicted molar refractivity (Wildman–Crippen MR) is 105 cm³/mol. The van der Waals surface area contributed by atoms with Gasteiger partial charge in [0.1, 0.15) is 0 Å². The first-order valence-electron chi connectivity index (χ1n) is 9.58. The lowest BCUT2D eigenvalue weighted by molar-refractivity contribution is -0.135. The van der Waals surface area contributed by atoms with Gasteiger partial charge in [0.2, 0.25) is 11.8 Å². The van der Waals surface area contributed by atoms with Crippen LogP contribution in [0.25, 0.3) is 0 Å². The highest BCUT2D eigenvalue weighted by atomic mass is 35.5. The summed E-state index contributed by atoms with van der Waals surface area (Å²) in [7, 11) is 0. The van der Waals surface area contributed by atoms with E-state index in [2.05, 4.69) is 17.4 Å². The summed E-state index contributed by atoms with van der Waals surface area (Å²) < 4.78 is 0. The van der Waals surface area contributed by atoms with Gasteiger partial charge in [-0.1, -0.05) is 36.8 Å². The van der Waals surface area contributed by atoms with Gasteiger partial charge in [0.15, 0.2) is 0 Å². The number of piperidine rings is 1. The summed E-state index contributed by atoms with van der Waals surface area (Å²) >= 11 is 0. The molecule has 2 heterocycles. The topological polar surface area (TPSA) is 52.7 Å². The van der Waals surface area contributed by atoms with Crippen LogP contribution < -0.4 is 5.32 Å². The Morgan fingerprint density at radius 1 is 0.962 bits per heavy atom. The van der Waals surface area contributed by atoms with Crippen molar-refractivity contribution < 1.29 is 9.59 Å². The largest absolute Gasteiger partial charge is 0.341 e. The zero-order valence-electron chi connectivity index (χ0n) is 15.4. The summed E-state index contributed by atoms with van der Waals surface area (Å²) in [6, 6.07) is 10.1. The number of benzene rings is 1. The molecular weight excluding hydrogens is 350 g/mol. The zero-order valence-corrected chi connectivity index (χ0v) is 16.2. The van der Waals surface area contributed by atoms with E-state index in [1.165, 1.54) is 5.56 Å². The van der Waals surface area contributed by atoms with E-state index in [0.29, 0.717) is 19.5 Å². The number of amides is 2. The Morgan fingerprint density at radius 2 is 1.69 bits per heavy atom. The van der Waals surface area contributed by atoms with Crippen molar-refractivity contribution in [2.45, 2.75) is 44.6 Å². The van der Waals surface area contributed by atoms with Gasteiger partial charge in [-0.3, -0.25) is 9.59 Å². The van der Waals surface area contributed by atoms with Gasteiger partial charge in [0.05, 0.1) is 6.04 Å². The summed E-state index contributed by atoms with van der Waals surface area (Å²) in [4.78, 5) is 29.1. The van der Waals surface area contributed by atoms with Crippen LogP contribution in [0.1, 0.15) is 37.7 Å². The first-order valence-corrected chi connectivity index (χ1v) is 9.58. The number of carbonyl (C=O) groups is 2.